The van der Waals surface area contributed by atoms with Crippen molar-refractivity contribution < 1.29 is 14.3 Å². The summed E-state index contributed by atoms with van der Waals surface area (Å²) in [6, 6.07) is 13.2. The molecule has 8 nitrogen and oxygen atoms in total. The number of hydrogen-bond acceptors (Lipinski definition) is 7. The second-order valence-electron chi connectivity index (χ2n) is 8.00. The summed E-state index contributed by atoms with van der Waals surface area (Å²) in [5.41, 5.74) is 9.68. The van der Waals surface area contributed by atoms with Crippen LogP contribution in [0.4, 0.5) is 21.6 Å². The number of aliphatic imine (C=N–C) groups is 1. The first-order valence-corrected chi connectivity index (χ1v) is 11.1. The van der Waals surface area contributed by atoms with Crippen molar-refractivity contribution in [3.63, 3.8) is 0 Å². The Balaban J connectivity index is 1.50. The van der Waals surface area contributed by atoms with E-state index in [0.717, 1.165) is 0 Å². The first kappa shape index (κ1) is 24.0. The van der Waals surface area contributed by atoms with Crippen molar-refractivity contribution in [3.8, 4) is 17.0 Å². The van der Waals surface area contributed by atoms with Crippen LogP contribution in [0.1, 0.15) is 11.1 Å². The number of aromatic hydroxyl groups is 1. The van der Waals surface area contributed by atoms with E-state index >= 15 is 0 Å². The van der Waals surface area contributed by atoms with Crippen molar-refractivity contribution in [3.05, 3.63) is 77.1 Å². The van der Waals surface area contributed by atoms with Crippen molar-refractivity contribution in [2.24, 2.45) is 4.99 Å². The Hall–Kier alpha value is -4.11. The number of phenolic OH excluding ortho intramolecular Hbond substituents is 1. The minimum absolute atomic E-state index is 0.0119. The molecule has 1 aliphatic rings. The number of aromatic nitrogens is 1. The van der Waals surface area contributed by atoms with Gasteiger partial charge >= 0.3 is 0 Å². The average Bonchev–Trinajstić information content (AvgIpc) is 2.85. The zero-order valence-corrected chi connectivity index (χ0v) is 19.7. The molecule has 1 aliphatic heterocycles. The number of carbonyl (C=O) groups excluding carboxylic acids is 1. The molecule has 0 atom stereocenters. The first-order valence-electron chi connectivity index (χ1n) is 10.8. The van der Waals surface area contributed by atoms with Crippen LogP contribution in [0.5, 0.6) is 5.75 Å². The van der Waals surface area contributed by atoms with Gasteiger partial charge in [-0.25, -0.2) is 9.37 Å². The zero-order chi connectivity index (χ0) is 24.9. The van der Waals surface area contributed by atoms with Crippen molar-refractivity contribution in [2.45, 2.75) is 13.2 Å². The summed E-state index contributed by atoms with van der Waals surface area (Å²) >= 11 is 5.96. The third kappa shape index (κ3) is 5.70. The molecule has 180 valence electrons. The maximum absolute atomic E-state index is 13.4. The second-order valence-corrected chi connectivity index (χ2v) is 8.44. The van der Waals surface area contributed by atoms with E-state index in [2.05, 4.69) is 20.6 Å². The highest BCUT2D eigenvalue weighted by atomic mass is 35.5. The summed E-state index contributed by atoms with van der Waals surface area (Å²) in [7, 11) is 1.86. The van der Waals surface area contributed by atoms with Crippen LogP contribution in [0.15, 0.2) is 65.9 Å². The van der Waals surface area contributed by atoms with Crippen molar-refractivity contribution in [1.29, 1.82) is 0 Å². The fourth-order valence-corrected chi connectivity index (χ4v) is 3.74. The second kappa shape index (κ2) is 10.4. The molecule has 0 saturated carbocycles. The number of alkyl halides is 1. The molecular formula is C25H24ClFN6O2. The van der Waals surface area contributed by atoms with Gasteiger partial charge in [-0.15, -0.1) is 0 Å². The standard InChI is InChI=1S/C25H24ClFN6O2/c1-33-9-8-29-22(14-33)25(35)30-13-15-2-5-21(32-24(15)28)19-11-18(4-7-23(19)34)31-20-6-3-17(26)10-16(20)12-27/h2-11,31,34H,12-14H2,1H3,(H2,28,32)(H,30,35). The smallest absolute Gasteiger partial charge is 0.267 e. The molecule has 0 unspecified atom stereocenters. The maximum Gasteiger partial charge on any atom is 0.267 e. The first-order chi connectivity index (χ1) is 16.8. The number of hydrogen-bond donors (Lipinski definition) is 4. The number of phenols is 1. The molecule has 1 amide bonds. The Bertz CT molecular complexity index is 1330. The molecule has 1 aromatic heterocycles. The molecule has 2 aromatic carbocycles. The number of rotatable bonds is 7. The number of nitrogens with two attached hydrogens (primary N) is 1. The molecule has 3 aromatic rings. The predicted molar refractivity (Wildman–Crippen MR) is 136 cm³/mol. The van der Waals surface area contributed by atoms with Gasteiger partial charge in [0, 0.05) is 59.1 Å². The molecule has 5 N–H and O–H groups in total. The number of carbonyl (C=O) groups is 1. The molecule has 2 heterocycles. The maximum atomic E-state index is 13.4. The summed E-state index contributed by atoms with van der Waals surface area (Å²) in [6.07, 6.45) is 3.36. The Morgan fingerprint density at radius 3 is 2.77 bits per heavy atom. The van der Waals surface area contributed by atoms with Crippen LogP contribution in [0.25, 0.3) is 11.3 Å². The van der Waals surface area contributed by atoms with Crippen LogP contribution in [-0.2, 0) is 18.0 Å². The van der Waals surface area contributed by atoms with E-state index < -0.39 is 6.67 Å². The largest absolute Gasteiger partial charge is 0.507 e. The van der Waals surface area contributed by atoms with Crippen molar-refractivity contribution in [2.75, 3.05) is 24.6 Å². The molecule has 0 bridgehead atoms. The monoisotopic (exact) mass is 494 g/mol. The van der Waals surface area contributed by atoms with Gasteiger partial charge in [-0.3, -0.25) is 9.79 Å². The number of halogens is 2. The predicted octanol–water partition coefficient (Wildman–Crippen LogP) is 4.38. The highest BCUT2D eigenvalue weighted by molar-refractivity contribution is 6.40. The Morgan fingerprint density at radius 1 is 1.20 bits per heavy atom. The van der Waals surface area contributed by atoms with E-state index in [0.29, 0.717) is 51.0 Å². The van der Waals surface area contributed by atoms with Crippen molar-refractivity contribution >= 4 is 40.4 Å². The van der Waals surface area contributed by atoms with E-state index in [1.807, 2.05) is 11.9 Å². The highest BCUT2D eigenvalue weighted by Crippen LogP contribution is 2.33. The highest BCUT2D eigenvalue weighted by Gasteiger charge is 2.16. The van der Waals surface area contributed by atoms with E-state index in [9.17, 15) is 14.3 Å². The molecule has 0 saturated heterocycles. The van der Waals surface area contributed by atoms with E-state index in [1.165, 1.54) is 6.07 Å². The quantitative estimate of drug-likeness (QED) is 0.362. The molecule has 0 radical (unpaired) electrons. The third-order valence-corrected chi connectivity index (χ3v) is 5.66. The number of nitrogens with one attached hydrogen (secondary N) is 2. The summed E-state index contributed by atoms with van der Waals surface area (Å²) in [5, 5.41) is 16.8. The molecule has 4 rings (SSSR count). The molecular weight excluding hydrogens is 471 g/mol. The number of pyridine rings is 1. The summed E-state index contributed by atoms with van der Waals surface area (Å²) in [5.74, 6) is -0.0469. The minimum Gasteiger partial charge on any atom is -0.507 e. The average molecular weight is 495 g/mol. The zero-order valence-electron chi connectivity index (χ0n) is 18.9. The summed E-state index contributed by atoms with van der Waals surface area (Å²) in [6.45, 7) is -0.0767. The number of anilines is 3. The number of nitrogens with zero attached hydrogens (tertiary/aromatic N) is 3. The fourth-order valence-electron chi connectivity index (χ4n) is 3.55. The van der Waals surface area contributed by atoms with Crippen molar-refractivity contribution in [1.82, 2.24) is 15.2 Å². The lowest BCUT2D eigenvalue weighted by Gasteiger charge is -2.18. The van der Waals surface area contributed by atoms with Crippen LogP contribution in [0.2, 0.25) is 5.02 Å². The topological polar surface area (TPSA) is 116 Å². The van der Waals surface area contributed by atoms with Gasteiger partial charge in [0.15, 0.2) is 0 Å². The third-order valence-electron chi connectivity index (χ3n) is 5.43. The Morgan fingerprint density at radius 2 is 2.03 bits per heavy atom. The normalized spacial score (nSPS) is 12.9. The van der Waals surface area contributed by atoms with Gasteiger partial charge in [0.05, 0.1) is 12.2 Å². The summed E-state index contributed by atoms with van der Waals surface area (Å²) in [4.78, 5) is 22.8. The van der Waals surface area contributed by atoms with Crippen LogP contribution in [-0.4, -0.2) is 40.2 Å². The molecule has 0 aliphatic carbocycles. The molecule has 10 heteroatoms. The number of amides is 1. The number of benzene rings is 2. The van der Waals surface area contributed by atoms with Crippen LogP contribution < -0.4 is 16.4 Å². The lowest BCUT2D eigenvalue weighted by molar-refractivity contribution is -0.115. The van der Waals surface area contributed by atoms with Crippen LogP contribution in [0.3, 0.4) is 0 Å². The van der Waals surface area contributed by atoms with Gasteiger partial charge in [0.25, 0.3) is 5.91 Å². The van der Waals surface area contributed by atoms with Crippen LogP contribution in [0, 0.1) is 0 Å². The minimum atomic E-state index is -0.676. The molecule has 35 heavy (non-hydrogen) atoms. The van der Waals surface area contributed by atoms with Gasteiger partial charge in [-0.1, -0.05) is 17.7 Å². The lowest BCUT2D eigenvalue weighted by Crippen LogP contribution is -2.37. The lowest BCUT2D eigenvalue weighted by atomic mass is 10.1. The number of nitrogen functional groups attached to an aromatic ring is 1. The van der Waals surface area contributed by atoms with E-state index in [1.54, 1.807) is 54.9 Å². The van der Waals surface area contributed by atoms with Gasteiger partial charge in [-0.2, -0.15) is 0 Å². The molecule has 0 spiro atoms. The Labute approximate surface area is 207 Å². The van der Waals surface area contributed by atoms with Gasteiger partial charge < -0.3 is 26.4 Å². The van der Waals surface area contributed by atoms with Crippen LogP contribution >= 0.6 is 11.6 Å². The fraction of sp³-hybridized carbons (Fsp3) is 0.160. The van der Waals surface area contributed by atoms with E-state index in [4.69, 9.17) is 17.3 Å². The SMILES string of the molecule is CN1C=CN=C(C(=O)NCc2ccc(-c3cc(Nc4ccc(Cl)cc4CF)ccc3O)nc2N)C1. The summed E-state index contributed by atoms with van der Waals surface area (Å²) < 4.78 is 13.4. The molecule has 0 fully saturated rings. The van der Waals surface area contributed by atoms with Gasteiger partial charge in [0.1, 0.15) is 24.0 Å². The van der Waals surface area contributed by atoms with E-state index in [-0.39, 0.29) is 24.0 Å². The van der Waals surface area contributed by atoms with Gasteiger partial charge in [-0.05, 0) is 42.5 Å². The van der Waals surface area contributed by atoms with Gasteiger partial charge in [0.2, 0.25) is 0 Å². The Kier molecular flexibility index (Phi) is 7.17.